The van der Waals surface area contributed by atoms with Gasteiger partial charge in [0.2, 0.25) is 5.78 Å². The van der Waals surface area contributed by atoms with Crippen LogP contribution >= 0.6 is 11.6 Å². The number of carbonyl (C=O) groups excluding carboxylic acids is 2. The number of ether oxygens (including phenoxy) is 3. The van der Waals surface area contributed by atoms with E-state index in [4.69, 9.17) is 21.1 Å². The van der Waals surface area contributed by atoms with Crippen LogP contribution in [-0.4, -0.2) is 33.1 Å². The average Bonchev–Trinajstić information content (AvgIpc) is 2.36. The first-order valence-electron chi connectivity index (χ1n) is 5.05. The first kappa shape index (κ1) is 14.3. The van der Waals surface area contributed by atoms with Crippen LogP contribution in [0.3, 0.4) is 0 Å². The van der Waals surface area contributed by atoms with E-state index in [9.17, 15) is 9.59 Å². The highest BCUT2D eigenvalue weighted by molar-refractivity contribution is 6.34. The second kappa shape index (κ2) is 6.26. The molecule has 1 aromatic carbocycles. The minimum Gasteiger partial charge on any atom is -0.493 e. The van der Waals surface area contributed by atoms with Crippen LogP contribution in [0.1, 0.15) is 5.56 Å². The lowest BCUT2D eigenvalue weighted by atomic mass is 10.1. The molecule has 0 saturated heterocycles. The molecule has 0 N–H and O–H groups in total. The van der Waals surface area contributed by atoms with Gasteiger partial charge in [-0.15, -0.1) is 0 Å². The molecule has 0 aliphatic rings. The molecular formula is C12H13ClO5. The summed E-state index contributed by atoms with van der Waals surface area (Å²) in [5, 5.41) is 0.310. The van der Waals surface area contributed by atoms with Crippen LogP contribution in [0, 0.1) is 0 Å². The fourth-order valence-corrected chi connectivity index (χ4v) is 1.76. The van der Waals surface area contributed by atoms with Gasteiger partial charge in [-0.05, 0) is 17.7 Å². The van der Waals surface area contributed by atoms with Gasteiger partial charge in [0.05, 0.1) is 26.4 Å². The molecule has 0 unspecified atom stereocenters. The Hall–Kier alpha value is -1.75. The van der Waals surface area contributed by atoms with Gasteiger partial charge in [-0.1, -0.05) is 11.6 Å². The van der Waals surface area contributed by atoms with Crippen molar-refractivity contribution in [2.45, 2.75) is 6.42 Å². The third-order valence-corrected chi connectivity index (χ3v) is 2.55. The van der Waals surface area contributed by atoms with E-state index < -0.39 is 11.8 Å². The number of Topliss-reactive ketones (excluding diaryl/α,β-unsaturated/α-hetero) is 1. The van der Waals surface area contributed by atoms with Crippen molar-refractivity contribution in [3.63, 3.8) is 0 Å². The molecule has 0 radical (unpaired) electrons. The monoisotopic (exact) mass is 272 g/mol. The third-order valence-electron chi connectivity index (χ3n) is 2.27. The van der Waals surface area contributed by atoms with Crippen LogP contribution in [0.5, 0.6) is 11.5 Å². The standard InChI is InChI=1S/C12H13ClO5/c1-16-10-6-7(4-8(13)11(10)17-2)5-9(14)12(15)18-3/h4,6H,5H2,1-3H3. The summed E-state index contributed by atoms with van der Waals surface area (Å²) in [4.78, 5) is 22.4. The van der Waals surface area contributed by atoms with Gasteiger partial charge < -0.3 is 14.2 Å². The van der Waals surface area contributed by atoms with E-state index in [-0.39, 0.29) is 6.42 Å². The minimum absolute atomic E-state index is 0.104. The van der Waals surface area contributed by atoms with Crippen LogP contribution in [-0.2, 0) is 20.7 Å². The van der Waals surface area contributed by atoms with E-state index in [1.54, 1.807) is 12.1 Å². The minimum atomic E-state index is -0.888. The number of hydrogen-bond donors (Lipinski definition) is 0. The summed E-state index contributed by atoms with van der Waals surface area (Å²) in [6.45, 7) is 0. The van der Waals surface area contributed by atoms with E-state index in [0.717, 1.165) is 7.11 Å². The molecule has 0 fully saturated rings. The summed E-state index contributed by atoms with van der Waals surface area (Å²) in [6.07, 6.45) is -0.104. The first-order chi connectivity index (χ1) is 8.53. The topological polar surface area (TPSA) is 61.8 Å². The molecule has 98 valence electrons. The van der Waals surface area contributed by atoms with Gasteiger partial charge in [-0.2, -0.15) is 0 Å². The van der Waals surface area contributed by atoms with Crippen molar-refractivity contribution in [2.24, 2.45) is 0 Å². The van der Waals surface area contributed by atoms with Gasteiger partial charge in [0.25, 0.3) is 0 Å². The van der Waals surface area contributed by atoms with Crippen molar-refractivity contribution in [1.29, 1.82) is 0 Å². The van der Waals surface area contributed by atoms with Crippen LogP contribution < -0.4 is 9.47 Å². The largest absolute Gasteiger partial charge is 0.493 e. The van der Waals surface area contributed by atoms with Gasteiger partial charge in [0.1, 0.15) is 0 Å². The number of benzene rings is 1. The molecule has 0 heterocycles. The molecule has 0 aliphatic carbocycles. The van der Waals surface area contributed by atoms with Crippen molar-refractivity contribution < 1.29 is 23.8 Å². The van der Waals surface area contributed by atoms with Crippen LogP contribution in [0.4, 0.5) is 0 Å². The van der Waals surface area contributed by atoms with Crippen molar-refractivity contribution in [3.8, 4) is 11.5 Å². The fraction of sp³-hybridized carbons (Fsp3) is 0.333. The lowest BCUT2D eigenvalue weighted by Crippen LogP contribution is -2.17. The highest BCUT2D eigenvalue weighted by Crippen LogP contribution is 2.36. The van der Waals surface area contributed by atoms with E-state index in [0.29, 0.717) is 22.1 Å². The summed E-state index contributed by atoms with van der Waals surface area (Å²) in [7, 11) is 4.07. The maximum absolute atomic E-state index is 11.4. The maximum Gasteiger partial charge on any atom is 0.374 e. The van der Waals surface area contributed by atoms with E-state index >= 15 is 0 Å². The van der Waals surface area contributed by atoms with E-state index in [2.05, 4.69) is 4.74 Å². The Balaban J connectivity index is 3.01. The predicted octanol–water partition coefficient (Wildman–Crippen LogP) is 1.64. The van der Waals surface area contributed by atoms with Gasteiger partial charge >= 0.3 is 5.97 Å². The van der Waals surface area contributed by atoms with Gasteiger partial charge in [-0.25, -0.2) is 4.79 Å². The third kappa shape index (κ3) is 3.13. The van der Waals surface area contributed by atoms with E-state index in [1.165, 1.54) is 14.2 Å². The van der Waals surface area contributed by atoms with Crippen molar-refractivity contribution in [3.05, 3.63) is 22.7 Å². The predicted molar refractivity (Wildman–Crippen MR) is 65.3 cm³/mol. The molecule has 0 amide bonds. The SMILES string of the molecule is COC(=O)C(=O)Cc1cc(Cl)c(OC)c(OC)c1. The zero-order chi connectivity index (χ0) is 13.7. The number of carbonyl (C=O) groups is 2. The molecule has 1 rings (SSSR count). The summed E-state index contributed by atoms with van der Waals surface area (Å²) < 4.78 is 14.5. The molecule has 0 aliphatic heterocycles. The normalized spacial score (nSPS) is 9.78. The fourth-order valence-electron chi connectivity index (χ4n) is 1.44. The van der Waals surface area contributed by atoms with Crippen molar-refractivity contribution >= 4 is 23.4 Å². The number of hydrogen-bond acceptors (Lipinski definition) is 5. The Morgan fingerprint density at radius 3 is 2.33 bits per heavy atom. The molecule has 1 aromatic rings. The Morgan fingerprint density at radius 2 is 1.83 bits per heavy atom. The summed E-state index contributed by atoms with van der Waals surface area (Å²) in [6, 6.07) is 3.13. The summed E-state index contributed by atoms with van der Waals surface area (Å²) >= 11 is 5.98. The van der Waals surface area contributed by atoms with Crippen LogP contribution in [0.15, 0.2) is 12.1 Å². The molecular weight excluding hydrogens is 260 g/mol. The van der Waals surface area contributed by atoms with Gasteiger partial charge in [0.15, 0.2) is 11.5 Å². The number of ketones is 1. The molecule has 0 spiro atoms. The zero-order valence-electron chi connectivity index (χ0n) is 10.3. The molecule has 0 bridgehead atoms. The lowest BCUT2D eigenvalue weighted by Gasteiger charge is -2.11. The second-order valence-corrected chi connectivity index (χ2v) is 3.81. The molecule has 18 heavy (non-hydrogen) atoms. The van der Waals surface area contributed by atoms with Crippen LogP contribution in [0.25, 0.3) is 0 Å². The Bertz CT molecular complexity index is 470. The molecule has 5 nitrogen and oxygen atoms in total. The van der Waals surface area contributed by atoms with Crippen molar-refractivity contribution in [1.82, 2.24) is 0 Å². The maximum atomic E-state index is 11.4. The molecule has 6 heteroatoms. The van der Waals surface area contributed by atoms with Gasteiger partial charge in [-0.3, -0.25) is 4.79 Å². The lowest BCUT2D eigenvalue weighted by molar-refractivity contribution is -0.151. The quantitative estimate of drug-likeness (QED) is 0.602. The average molecular weight is 273 g/mol. The number of esters is 1. The van der Waals surface area contributed by atoms with Crippen LogP contribution in [0.2, 0.25) is 5.02 Å². The highest BCUT2D eigenvalue weighted by Gasteiger charge is 2.17. The summed E-state index contributed by atoms with van der Waals surface area (Å²) in [5.74, 6) is -0.757. The van der Waals surface area contributed by atoms with E-state index in [1.807, 2.05) is 0 Å². The van der Waals surface area contributed by atoms with Crippen molar-refractivity contribution in [2.75, 3.05) is 21.3 Å². The summed E-state index contributed by atoms with van der Waals surface area (Å²) in [5.41, 5.74) is 0.549. The Morgan fingerprint density at radius 1 is 1.17 bits per heavy atom. The number of halogens is 1. The number of methoxy groups -OCH3 is 3. The Labute approximate surface area is 110 Å². The zero-order valence-corrected chi connectivity index (χ0v) is 11.0. The second-order valence-electron chi connectivity index (χ2n) is 3.40. The first-order valence-corrected chi connectivity index (χ1v) is 5.42. The molecule has 0 atom stereocenters. The highest BCUT2D eigenvalue weighted by atomic mass is 35.5. The molecule has 0 aromatic heterocycles. The molecule has 0 saturated carbocycles. The van der Waals surface area contributed by atoms with Gasteiger partial charge in [0, 0.05) is 6.42 Å². The number of rotatable bonds is 5. The Kier molecular flexibility index (Phi) is 4.97. The smallest absolute Gasteiger partial charge is 0.374 e.